The van der Waals surface area contributed by atoms with Crippen molar-refractivity contribution in [3.05, 3.63) is 0 Å². The van der Waals surface area contributed by atoms with E-state index >= 15 is 0 Å². The summed E-state index contributed by atoms with van der Waals surface area (Å²) in [6.07, 6.45) is 1.33. The molecule has 1 fully saturated rings. The first-order valence-corrected chi connectivity index (χ1v) is 7.55. The number of nitrogens with one attached hydrogen (secondary N) is 1. The van der Waals surface area contributed by atoms with Gasteiger partial charge in [0.25, 0.3) is 0 Å². The Morgan fingerprint density at radius 2 is 1.88 bits per heavy atom. The largest absolute Gasteiger partial charge is 0.372 e. The molecule has 6 nitrogen and oxygen atoms in total. The van der Waals surface area contributed by atoms with Gasteiger partial charge in [-0.15, -0.1) is 0 Å². The SMILES string of the molecule is C[C@@H]1CN(C(=O)CCNS(C)(=O)=O)C[C@H](C)O1. The second-order valence-electron chi connectivity index (χ2n) is 4.47. The summed E-state index contributed by atoms with van der Waals surface area (Å²) in [6.45, 7) is 5.14. The molecule has 1 amide bonds. The highest BCUT2D eigenvalue weighted by Gasteiger charge is 2.25. The topological polar surface area (TPSA) is 75.7 Å². The van der Waals surface area contributed by atoms with Gasteiger partial charge in [0.15, 0.2) is 0 Å². The van der Waals surface area contributed by atoms with Gasteiger partial charge in [0.1, 0.15) is 0 Å². The molecular formula is C10H20N2O4S. The Balaban J connectivity index is 2.37. The summed E-state index contributed by atoms with van der Waals surface area (Å²) in [6, 6.07) is 0. The lowest BCUT2D eigenvalue weighted by atomic mass is 10.2. The molecule has 1 aliphatic heterocycles. The van der Waals surface area contributed by atoms with E-state index in [9.17, 15) is 13.2 Å². The fourth-order valence-electron chi connectivity index (χ4n) is 1.88. The van der Waals surface area contributed by atoms with Gasteiger partial charge in [0.2, 0.25) is 15.9 Å². The lowest BCUT2D eigenvalue weighted by molar-refractivity contribution is -0.143. The van der Waals surface area contributed by atoms with Crippen molar-refractivity contribution in [2.24, 2.45) is 0 Å². The maximum Gasteiger partial charge on any atom is 0.224 e. The van der Waals surface area contributed by atoms with Gasteiger partial charge in [-0.05, 0) is 13.8 Å². The van der Waals surface area contributed by atoms with Crippen LogP contribution in [0, 0.1) is 0 Å². The van der Waals surface area contributed by atoms with E-state index in [1.807, 2.05) is 13.8 Å². The van der Waals surface area contributed by atoms with Crippen molar-refractivity contribution in [3.8, 4) is 0 Å². The highest BCUT2D eigenvalue weighted by atomic mass is 32.2. The molecule has 17 heavy (non-hydrogen) atoms. The highest BCUT2D eigenvalue weighted by molar-refractivity contribution is 7.88. The molecule has 1 saturated heterocycles. The number of amides is 1. The van der Waals surface area contributed by atoms with Crippen LogP contribution in [0.15, 0.2) is 0 Å². The first-order chi connectivity index (χ1) is 7.78. The average Bonchev–Trinajstić information content (AvgIpc) is 2.13. The predicted octanol–water partition coefficient (Wildman–Crippen LogP) is -0.438. The molecule has 0 bridgehead atoms. The van der Waals surface area contributed by atoms with Gasteiger partial charge in [-0.1, -0.05) is 0 Å². The number of morpholine rings is 1. The number of hydrogen-bond acceptors (Lipinski definition) is 4. The van der Waals surface area contributed by atoms with E-state index in [2.05, 4.69) is 4.72 Å². The zero-order chi connectivity index (χ0) is 13.1. The van der Waals surface area contributed by atoms with Crippen molar-refractivity contribution < 1.29 is 17.9 Å². The summed E-state index contributed by atoms with van der Waals surface area (Å²) in [5.74, 6) is -0.0387. The predicted molar refractivity (Wildman–Crippen MR) is 64.1 cm³/mol. The fourth-order valence-corrected chi connectivity index (χ4v) is 2.36. The summed E-state index contributed by atoms with van der Waals surface area (Å²) >= 11 is 0. The van der Waals surface area contributed by atoms with Gasteiger partial charge in [-0.3, -0.25) is 4.79 Å². The summed E-state index contributed by atoms with van der Waals surface area (Å²) in [4.78, 5) is 13.5. The number of sulfonamides is 1. The zero-order valence-electron chi connectivity index (χ0n) is 10.5. The average molecular weight is 264 g/mol. The molecular weight excluding hydrogens is 244 g/mol. The molecule has 7 heteroatoms. The first-order valence-electron chi connectivity index (χ1n) is 5.66. The second kappa shape index (κ2) is 5.79. The van der Waals surface area contributed by atoms with E-state index in [4.69, 9.17) is 4.74 Å². The Morgan fingerprint density at radius 1 is 1.35 bits per heavy atom. The minimum absolute atomic E-state index is 0.0329. The van der Waals surface area contributed by atoms with Crippen LogP contribution in [0.5, 0.6) is 0 Å². The standard InChI is InChI=1S/C10H20N2O4S/c1-8-6-12(7-9(2)16-8)10(13)4-5-11-17(3,14)15/h8-9,11H,4-7H2,1-3H3/t8-,9+. The summed E-state index contributed by atoms with van der Waals surface area (Å²) in [7, 11) is -3.22. The van der Waals surface area contributed by atoms with Crippen LogP contribution in [-0.2, 0) is 19.6 Å². The zero-order valence-corrected chi connectivity index (χ0v) is 11.3. The first kappa shape index (κ1) is 14.4. The normalized spacial score (nSPS) is 25.9. The van der Waals surface area contributed by atoms with Gasteiger partial charge in [0.05, 0.1) is 18.5 Å². The van der Waals surface area contributed by atoms with E-state index in [-0.39, 0.29) is 31.1 Å². The van der Waals surface area contributed by atoms with Crippen molar-refractivity contribution in [1.82, 2.24) is 9.62 Å². The van der Waals surface area contributed by atoms with Gasteiger partial charge < -0.3 is 9.64 Å². The molecule has 0 aromatic rings. The molecule has 1 rings (SSSR count). The molecule has 0 aliphatic carbocycles. The van der Waals surface area contributed by atoms with E-state index in [1.54, 1.807) is 4.90 Å². The van der Waals surface area contributed by atoms with Crippen LogP contribution in [0.25, 0.3) is 0 Å². The molecule has 1 aliphatic rings. The number of hydrogen-bond donors (Lipinski definition) is 1. The van der Waals surface area contributed by atoms with Crippen molar-refractivity contribution >= 4 is 15.9 Å². The number of carbonyl (C=O) groups is 1. The molecule has 1 heterocycles. The summed E-state index contributed by atoms with van der Waals surface area (Å²) in [5, 5.41) is 0. The van der Waals surface area contributed by atoms with E-state index < -0.39 is 10.0 Å². The van der Waals surface area contributed by atoms with Crippen LogP contribution in [0.3, 0.4) is 0 Å². The maximum absolute atomic E-state index is 11.8. The third-order valence-corrected chi connectivity index (χ3v) is 3.20. The van der Waals surface area contributed by atoms with Crippen LogP contribution >= 0.6 is 0 Å². The Bertz CT molecular complexity index is 359. The van der Waals surface area contributed by atoms with Crippen LogP contribution in [0.2, 0.25) is 0 Å². The fraction of sp³-hybridized carbons (Fsp3) is 0.900. The molecule has 0 aromatic carbocycles. The molecule has 0 radical (unpaired) electrons. The second-order valence-corrected chi connectivity index (χ2v) is 6.31. The number of nitrogens with zero attached hydrogens (tertiary/aromatic N) is 1. The number of ether oxygens (including phenoxy) is 1. The Hall–Kier alpha value is -0.660. The number of carbonyl (C=O) groups excluding carboxylic acids is 1. The quantitative estimate of drug-likeness (QED) is 0.747. The smallest absolute Gasteiger partial charge is 0.224 e. The van der Waals surface area contributed by atoms with E-state index in [1.165, 1.54) is 0 Å². The maximum atomic E-state index is 11.8. The monoisotopic (exact) mass is 264 g/mol. The highest BCUT2D eigenvalue weighted by Crippen LogP contribution is 2.11. The van der Waals surface area contributed by atoms with E-state index in [0.29, 0.717) is 13.1 Å². The molecule has 0 aromatic heterocycles. The van der Waals surface area contributed by atoms with Gasteiger partial charge in [-0.2, -0.15) is 0 Å². The minimum atomic E-state index is -3.22. The van der Waals surface area contributed by atoms with Crippen LogP contribution in [-0.4, -0.2) is 57.3 Å². The van der Waals surface area contributed by atoms with Gasteiger partial charge in [0, 0.05) is 26.1 Å². The van der Waals surface area contributed by atoms with Crippen molar-refractivity contribution in [3.63, 3.8) is 0 Å². The number of rotatable bonds is 4. The lowest BCUT2D eigenvalue weighted by Crippen LogP contribution is -2.48. The lowest BCUT2D eigenvalue weighted by Gasteiger charge is -2.35. The van der Waals surface area contributed by atoms with E-state index in [0.717, 1.165) is 6.26 Å². The Kier molecular flexibility index (Phi) is 4.91. The van der Waals surface area contributed by atoms with Crippen molar-refractivity contribution in [2.75, 3.05) is 25.9 Å². The minimum Gasteiger partial charge on any atom is -0.372 e. The molecule has 0 unspecified atom stereocenters. The molecule has 0 spiro atoms. The third-order valence-electron chi connectivity index (χ3n) is 2.48. The van der Waals surface area contributed by atoms with Crippen molar-refractivity contribution in [1.29, 1.82) is 0 Å². The van der Waals surface area contributed by atoms with Crippen LogP contribution in [0.4, 0.5) is 0 Å². The Morgan fingerprint density at radius 3 is 2.35 bits per heavy atom. The van der Waals surface area contributed by atoms with Crippen LogP contribution in [0.1, 0.15) is 20.3 Å². The van der Waals surface area contributed by atoms with Crippen LogP contribution < -0.4 is 4.72 Å². The third kappa shape index (κ3) is 5.47. The molecule has 1 N–H and O–H groups in total. The molecule has 100 valence electrons. The van der Waals surface area contributed by atoms with Gasteiger partial charge in [-0.25, -0.2) is 13.1 Å². The van der Waals surface area contributed by atoms with Gasteiger partial charge >= 0.3 is 0 Å². The Labute approximate surface area is 102 Å². The molecule has 2 atom stereocenters. The summed E-state index contributed by atoms with van der Waals surface area (Å²) < 4.78 is 29.5. The van der Waals surface area contributed by atoms with Crippen molar-refractivity contribution in [2.45, 2.75) is 32.5 Å². The summed E-state index contributed by atoms with van der Waals surface area (Å²) in [5.41, 5.74) is 0. The molecule has 0 saturated carbocycles.